The van der Waals surface area contributed by atoms with Crippen LogP contribution in [0.25, 0.3) is 0 Å². The molecule has 1 amide bonds. The standard InChI is InChI=1S/C22H23F4N3O2/c1-3-4-13-11-15(5-7-17(13)24)22(19(30)29(2)21(27)28-22)16-6-8-18(31-20(25)26)14(12-16)9-10-23/h5-8,11-12,20H,3-4,9-10H2,1-2H3,(H2,27,28). The lowest BCUT2D eigenvalue weighted by Gasteiger charge is -2.27. The molecule has 1 heterocycles. The second-order valence-corrected chi connectivity index (χ2v) is 7.24. The molecule has 3 rings (SSSR count). The fraction of sp³-hybridized carbons (Fsp3) is 0.364. The van der Waals surface area contributed by atoms with Gasteiger partial charge in [-0.15, -0.1) is 0 Å². The molecule has 0 radical (unpaired) electrons. The van der Waals surface area contributed by atoms with Gasteiger partial charge in [-0.1, -0.05) is 25.5 Å². The highest BCUT2D eigenvalue weighted by atomic mass is 19.3. The number of likely N-dealkylation sites (N-methyl/N-ethyl adjacent to an activating group) is 1. The summed E-state index contributed by atoms with van der Waals surface area (Å²) in [5.74, 6) is -1.14. The van der Waals surface area contributed by atoms with E-state index in [1.54, 1.807) is 6.07 Å². The quantitative estimate of drug-likeness (QED) is 0.637. The molecular formula is C22H23F4N3O2. The second-order valence-electron chi connectivity index (χ2n) is 7.24. The van der Waals surface area contributed by atoms with E-state index in [9.17, 15) is 22.4 Å². The topological polar surface area (TPSA) is 67.9 Å². The average Bonchev–Trinajstić information content (AvgIpc) is 2.96. The van der Waals surface area contributed by atoms with Gasteiger partial charge in [0.25, 0.3) is 5.91 Å². The van der Waals surface area contributed by atoms with Crippen LogP contribution in [0.15, 0.2) is 41.4 Å². The number of aryl methyl sites for hydroxylation is 2. The molecule has 2 N–H and O–H groups in total. The molecule has 0 aromatic heterocycles. The Hall–Kier alpha value is -3.10. The van der Waals surface area contributed by atoms with Crippen LogP contribution in [0.1, 0.15) is 35.6 Å². The van der Waals surface area contributed by atoms with Crippen molar-refractivity contribution in [2.45, 2.75) is 38.3 Å². The van der Waals surface area contributed by atoms with Crippen LogP contribution in [0.4, 0.5) is 17.6 Å². The summed E-state index contributed by atoms with van der Waals surface area (Å²) in [6.07, 6.45) is 0.944. The molecule has 2 aromatic carbocycles. The minimum absolute atomic E-state index is 0.0497. The lowest BCUT2D eigenvalue weighted by Crippen LogP contribution is -2.41. The maximum Gasteiger partial charge on any atom is 0.387 e. The van der Waals surface area contributed by atoms with Crippen LogP contribution in [0, 0.1) is 5.82 Å². The van der Waals surface area contributed by atoms with Gasteiger partial charge in [0.15, 0.2) is 11.5 Å². The van der Waals surface area contributed by atoms with E-state index in [1.807, 2.05) is 6.92 Å². The van der Waals surface area contributed by atoms with Crippen molar-refractivity contribution in [2.24, 2.45) is 10.7 Å². The zero-order chi connectivity index (χ0) is 22.8. The number of alkyl halides is 3. The van der Waals surface area contributed by atoms with E-state index >= 15 is 0 Å². The molecule has 0 aliphatic carbocycles. The van der Waals surface area contributed by atoms with Crippen LogP contribution in [0.3, 0.4) is 0 Å². The van der Waals surface area contributed by atoms with Crippen LogP contribution in [-0.4, -0.2) is 37.1 Å². The van der Waals surface area contributed by atoms with Crippen molar-refractivity contribution in [1.82, 2.24) is 4.90 Å². The Morgan fingerprint density at radius 1 is 1.13 bits per heavy atom. The molecular weight excluding hydrogens is 414 g/mol. The first-order chi connectivity index (χ1) is 14.7. The first-order valence-electron chi connectivity index (χ1n) is 9.81. The Morgan fingerprint density at radius 3 is 2.32 bits per heavy atom. The number of amides is 1. The summed E-state index contributed by atoms with van der Waals surface area (Å²) in [6.45, 7) is -2.00. The smallest absolute Gasteiger partial charge is 0.387 e. The van der Waals surface area contributed by atoms with Gasteiger partial charge in [-0.25, -0.2) is 9.38 Å². The highest BCUT2D eigenvalue weighted by Gasteiger charge is 2.50. The molecule has 166 valence electrons. The van der Waals surface area contributed by atoms with Gasteiger partial charge < -0.3 is 10.5 Å². The summed E-state index contributed by atoms with van der Waals surface area (Å²) in [7, 11) is 1.45. The molecule has 2 aromatic rings. The van der Waals surface area contributed by atoms with Crippen LogP contribution >= 0.6 is 0 Å². The van der Waals surface area contributed by atoms with Gasteiger partial charge in [-0.2, -0.15) is 8.78 Å². The molecule has 1 atom stereocenters. The molecule has 0 fully saturated rings. The van der Waals surface area contributed by atoms with Crippen molar-refractivity contribution in [3.05, 3.63) is 64.5 Å². The van der Waals surface area contributed by atoms with Crippen molar-refractivity contribution in [2.75, 3.05) is 13.7 Å². The fourth-order valence-corrected chi connectivity index (χ4v) is 3.76. The Kier molecular flexibility index (Phi) is 6.52. The van der Waals surface area contributed by atoms with Crippen molar-refractivity contribution >= 4 is 11.9 Å². The van der Waals surface area contributed by atoms with Gasteiger partial charge in [-0.3, -0.25) is 14.1 Å². The van der Waals surface area contributed by atoms with Gasteiger partial charge >= 0.3 is 6.61 Å². The zero-order valence-corrected chi connectivity index (χ0v) is 17.2. The number of hydrogen-bond acceptors (Lipinski definition) is 4. The second kappa shape index (κ2) is 8.95. The molecule has 0 spiro atoms. The molecule has 1 aliphatic heterocycles. The Balaban J connectivity index is 2.24. The number of ether oxygens (including phenoxy) is 1. The Morgan fingerprint density at radius 2 is 1.77 bits per heavy atom. The summed E-state index contributed by atoms with van der Waals surface area (Å²) in [5.41, 5.74) is 5.53. The highest BCUT2D eigenvalue weighted by Crippen LogP contribution is 2.41. The Bertz CT molecular complexity index is 1010. The number of carbonyl (C=O) groups is 1. The fourth-order valence-electron chi connectivity index (χ4n) is 3.76. The van der Waals surface area contributed by atoms with Crippen molar-refractivity contribution < 1.29 is 27.1 Å². The number of hydrogen-bond donors (Lipinski definition) is 1. The number of aliphatic imine (C=N–C) groups is 1. The minimum Gasteiger partial charge on any atom is -0.435 e. The van der Waals surface area contributed by atoms with E-state index < -0.39 is 30.5 Å². The Labute approximate surface area is 177 Å². The monoisotopic (exact) mass is 437 g/mol. The maximum atomic E-state index is 14.3. The third kappa shape index (κ3) is 4.08. The van der Waals surface area contributed by atoms with Gasteiger partial charge in [0.1, 0.15) is 11.6 Å². The van der Waals surface area contributed by atoms with E-state index in [4.69, 9.17) is 5.73 Å². The lowest BCUT2D eigenvalue weighted by atomic mass is 9.81. The summed E-state index contributed by atoms with van der Waals surface area (Å²) >= 11 is 0. The van der Waals surface area contributed by atoms with E-state index in [0.717, 1.165) is 0 Å². The maximum absolute atomic E-state index is 14.3. The van der Waals surface area contributed by atoms with Crippen LogP contribution in [-0.2, 0) is 23.2 Å². The number of guanidine groups is 1. The number of nitrogens with zero attached hydrogens (tertiary/aromatic N) is 2. The normalized spacial score (nSPS) is 18.6. The third-order valence-electron chi connectivity index (χ3n) is 5.28. The molecule has 0 saturated carbocycles. The minimum atomic E-state index is -3.08. The number of benzene rings is 2. The molecule has 9 heteroatoms. The molecule has 31 heavy (non-hydrogen) atoms. The zero-order valence-electron chi connectivity index (χ0n) is 17.2. The highest BCUT2D eigenvalue weighted by molar-refractivity contribution is 6.09. The van der Waals surface area contributed by atoms with E-state index in [0.29, 0.717) is 29.5 Å². The summed E-state index contributed by atoms with van der Waals surface area (Å²) in [6, 6.07) is 8.34. The molecule has 0 bridgehead atoms. The van der Waals surface area contributed by atoms with Crippen LogP contribution < -0.4 is 10.5 Å². The van der Waals surface area contributed by atoms with Crippen LogP contribution in [0.2, 0.25) is 0 Å². The van der Waals surface area contributed by atoms with E-state index in [-0.39, 0.29) is 23.7 Å². The molecule has 1 aliphatic rings. The lowest BCUT2D eigenvalue weighted by molar-refractivity contribution is -0.129. The number of nitrogens with two attached hydrogens (primary N) is 1. The van der Waals surface area contributed by atoms with Gasteiger partial charge in [0.05, 0.1) is 6.67 Å². The van der Waals surface area contributed by atoms with E-state index in [2.05, 4.69) is 9.73 Å². The van der Waals surface area contributed by atoms with Gasteiger partial charge in [0, 0.05) is 13.5 Å². The van der Waals surface area contributed by atoms with Gasteiger partial charge in [0.2, 0.25) is 0 Å². The van der Waals surface area contributed by atoms with E-state index in [1.165, 1.54) is 42.3 Å². The first kappa shape index (κ1) is 22.6. The van der Waals surface area contributed by atoms with Gasteiger partial charge in [-0.05, 0) is 52.9 Å². The summed E-state index contributed by atoms with van der Waals surface area (Å²) in [4.78, 5) is 18.9. The summed E-state index contributed by atoms with van der Waals surface area (Å²) in [5, 5.41) is 0. The average molecular weight is 437 g/mol. The molecule has 0 saturated heterocycles. The predicted octanol–water partition coefficient (Wildman–Crippen LogP) is 3.92. The van der Waals surface area contributed by atoms with Crippen LogP contribution in [0.5, 0.6) is 5.75 Å². The predicted molar refractivity (Wildman–Crippen MR) is 108 cm³/mol. The number of rotatable bonds is 8. The largest absolute Gasteiger partial charge is 0.435 e. The van der Waals surface area contributed by atoms with Crippen molar-refractivity contribution in [1.29, 1.82) is 0 Å². The summed E-state index contributed by atoms with van der Waals surface area (Å²) < 4.78 is 57.4. The SMILES string of the molecule is CCCc1cc(C2(c3ccc(OC(F)F)c(CCF)c3)N=C(N)N(C)C2=O)ccc1F. The molecule has 1 unspecified atom stereocenters. The first-order valence-corrected chi connectivity index (χ1v) is 9.81. The molecule has 5 nitrogen and oxygen atoms in total. The number of carbonyl (C=O) groups excluding carboxylic acids is 1. The van der Waals surface area contributed by atoms with Crippen molar-refractivity contribution in [3.8, 4) is 5.75 Å². The van der Waals surface area contributed by atoms with Crippen molar-refractivity contribution in [3.63, 3.8) is 0 Å². The number of halogens is 4. The third-order valence-corrected chi connectivity index (χ3v) is 5.28.